The highest BCUT2D eigenvalue weighted by atomic mass is 16.4. The predicted octanol–water partition coefficient (Wildman–Crippen LogP) is 2.07. The Labute approximate surface area is 107 Å². The van der Waals surface area contributed by atoms with Crippen LogP contribution in [-0.2, 0) is 0 Å². The Hall–Kier alpha value is -2.09. The Morgan fingerprint density at radius 2 is 2.28 bits per heavy atom. The summed E-state index contributed by atoms with van der Waals surface area (Å²) in [6.45, 7) is 6.82. The number of carboxylic acids is 1. The Morgan fingerprint density at radius 1 is 1.61 bits per heavy atom. The van der Waals surface area contributed by atoms with Crippen LogP contribution in [0.3, 0.4) is 0 Å². The van der Waals surface area contributed by atoms with Crippen molar-refractivity contribution in [2.45, 2.75) is 20.8 Å². The van der Waals surface area contributed by atoms with Gasteiger partial charge in [0.1, 0.15) is 5.82 Å². The van der Waals surface area contributed by atoms with Gasteiger partial charge < -0.3 is 10.0 Å². The molecule has 0 fully saturated rings. The molecule has 0 aliphatic rings. The topological polar surface area (TPSA) is 77.2 Å². The number of pyridine rings is 1. The third kappa shape index (κ3) is 3.20. The van der Waals surface area contributed by atoms with E-state index in [1.165, 1.54) is 0 Å². The molecule has 1 aromatic heterocycles. The van der Waals surface area contributed by atoms with Crippen molar-refractivity contribution in [1.82, 2.24) is 4.98 Å². The van der Waals surface area contributed by atoms with Gasteiger partial charge in [-0.15, -0.1) is 0 Å². The van der Waals surface area contributed by atoms with E-state index in [-0.39, 0.29) is 11.5 Å². The molecule has 1 N–H and O–H groups in total. The second-order valence-corrected chi connectivity index (χ2v) is 4.18. The summed E-state index contributed by atoms with van der Waals surface area (Å²) in [4.78, 5) is 17.2. The number of aromatic carboxylic acids is 1. The van der Waals surface area contributed by atoms with Crippen LogP contribution in [0.25, 0.3) is 0 Å². The molecule has 0 aromatic carbocycles. The van der Waals surface area contributed by atoms with Gasteiger partial charge >= 0.3 is 5.97 Å². The minimum Gasteiger partial charge on any atom is -0.478 e. The molecule has 0 aliphatic carbocycles. The van der Waals surface area contributed by atoms with Crippen LogP contribution in [0.5, 0.6) is 0 Å². The molecule has 1 rings (SSSR count). The number of rotatable bonds is 5. The molecule has 0 aliphatic heterocycles. The largest absolute Gasteiger partial charge is 0.478 e. The number of carboxylic acid groups (broad SMARTS) is 1. The van der Waals surface area contributed by atoms with E-state index in [1.807, 2.05) is 18.7 Å². The van der Waals surface area contributed by atoms with Crippen molar-refractivity contribution >= 4 is 11.8 Å². The van der Waals surface area contributed by atoms with Gasteiger partial charge in [-0.05, 0) is 32.9 Å². The smallest absolute Gasteiger partial charge is 0.337 e. The van der Waals surface area contributed by atoms with Gasteiger partial charge in [0.15, 0.2) is 0 Å². The number of nitrogens with zero attached hydrogens (tertiary/aromatic N) is 3. The Morgan fingerprint density at radius 3 is 2.72 bits per heavy atom. The van der Waals surface area contributed by atoms with Crippen LogP contribution in [0.4, 0.5) is 5.82 Å². The SMILES string of the molecule is CCN(CC(C)C#N)c1ccc(C(=O)O)c(C)n1. The van der Waals surface area contributed by atoms with Gasteiger partial charge in [-0.2, -0.15) is 5.26 Å². The number of hydrogen-bond donors (Lipinski definition) is 1. The normalized spacial score (nSPS) is 11.7. The molecule has 0 spiro atoms. The van der Waals surface area contributed by atoms with E-state index < -0.39 is 5.97 Å². The number of nitriles is 1. The highest BCUT2D eigenvalue weighted by Gasteiger charge is 2.13. The van der Waals surface area contributed by atoms with Gasteiger partial charge in [-0.3, -0.25) is 0 Å². The van der Waals surface area contributed by atoms with E-state index in [2.05, 4.69) is 11.1 Å². The lowest BCUT2D eigenvalue weighted by Crippen LogP contribution is -2.28. The van der Waals surface area contributed by atoms with Crippen LogP contribution < -0.4 is 4.90 Å². The Kier molecular flexibility index (Phi) is 4.67. The summed E-state index contributed by atoms with van der Waals surface area (Å²) in [5.41, 5.74) is 0.700. The van der Waals surface area contributed by atoms with Crippen molar-refractivity contribution in [2.24, 2.45) is 5.92 Å². The first kappa shape index (κ1) is 14.0. The first-order valence-electron chi connectivity index (χ1n) is 5.85. The molecular weight excluding hydrogens is 230 g/mol. The predicted molar refractivity (Wildman–Crippen MR) is 68.6 cm³/mol. The molecule has 0 saturated heterocycles. The molecule has 0 saturated carbocycles. The average molecular weight is 247 g/mol. The molecule has 18 heavy (non-hydrogen) atoms. The zero-order chi connectivity index (χ0) is 13.7. The van der Waals surface area contributed by atoms with Gasteiger partial charge in [0.25, 0.3) is 0 Å². The van der Waals surface area contributed by atoms with Crippen molar-refractivity contribution in [3.63, 3.8) is 0 Å². The van der Waals surface area contributed by atoms with Gasteiger partial charge in [-0.1, -0.05) is 0 Å². The van der Waals surface area contributed by atoms with Gasteiger partial charge in [0, 0.05) is 13.1 Å². The van der Waals surface area contributed by atoms with Crippen LogP contribution in [0.1, 0.15) is 29.9 Å². The van der Waals surface area contributed by atoms with Crippen LogP contribution in [0.15, 0.2) is 12.1 Å². The first-order chi connectivity index (χ1) is 8.49. The van der Waals surface area contributed by atoms with E-state index in [4.69, 9.17) is 10.4 Å². The number of aromatic nitrogens is 1. The van der Waals surface area contributed by atoms with Crippen molar-refractivity contribution in [3.8, 4) is 6.07 Å². The minimum absolute atomic E-state index is 0.0915. The summed E-state index contributed by atoms with van der Waals surface area (Å²) in [6, 6.07) is 5.42. The summed E-state index contributed by atoms with van der Waals surface area (Å²) < 4.78 is 0. The van der Waals surface area contributed by atoms with Crippen LogP contribution >= 0.6 is 0 Å². The summed E-state index contributed by atoms with van der Waals surface area (Å²) in [6.07, 6.45) is 0. The minimum atomic E-state index is -0.972. The lowest BCUT2D eigenvalue weighted by atomic mass is 10.1. The molecule has 1 heterocycles. The number of hydrogen-bond acceptors (Lipinski definition) is 4. The number of aryl methyl sites for hydroxylation is 1. The van der Waals surface area contributed by atoms with E-state index in [0.29, 0.717) is 18.1 Å². The number of carbonyl (C=O) groups is 1. The third-order valence-corrected chi connectivity index (χ3v) is 2.72. The Balaban J connectivity index is 2.98. The van der Waals surface area contributed by atoms with Crippen LogP contribution in [0.2, 0.25) is 0 Å². The highest BCUT2D eigenvalue weighted by Crippen LogP contribution is 2.16. The quantitative estimate of drug-likeness (QED) is 0.861. The summed E-state index contributed by atoms with van der Waals surface area (Å²) in [5, 5.41) is 17.8. The van der Waals surface area contributed by atoms with E-state index in [1.54, 1.807) is 19.1 Å². The maximum Gasteiger partial charge on any atom is 0.337 e. The fourth-order valence-corrected chi connectivity index (χ4v) is 1.71. The van der Waals surface area contributed by atoms with E-state index >= 15 is 0 Å². The zero-order valence-electron chi connectivity index (χ0n) is 10.8. The highest BCUT2D eigenvalue weighted by molar-refractivity contribution is 5.89. The fraction of sp³-hybridized carbons (Fsp3) is 0.462. The second-order valence-electron chi connectivity index (χ2n) is 4.18. The van der Waals surface area contributed by atoms with Gasteiger partial charge in [0.2, 0.25) is 0 Å². The fourth-order valence-electron chi connectivity index (χ4n) is 1.71. The molecule has 1 aromatic rings. The molecular formula is C13H17N3O2. The Bertz CT molecular complexity index is 480. The molecule has 1 atom stereocenters. The van der Waals surface area contributed by atoms with Crippen LogP contribution in [0, 0.1) is 24.2 Å². The van der Waals surface area contributed by atoms with Crippen LogP contribution in [-0.4, -0.2) is 29.1 Å². The summed E-state index contributed by atoms with van der Waals surface area (Å²) in [7, 11) is 0. The molecule has 0 radical (unpaired) electrons. The van der Waals surface area contributed by atoms with Crippen molar-refractivity contribution in [1.29, 1.82) is 5.26 Å². The van der Waals surface area contributed by atoms with Crippen molar-refractivity contribution in [2.75, 3.05) is 18.0 Å². The van der Waals surface area contributed by atoms with E-state index in [9.17, 15) is 4.79 Å². The lowest BCUT2D eigenvalue weighted by molar-refractivity contribution is 0.0695. The van der Waals surface area contributed by atoms with E-state index in [0.717, 1.165) is 6.54 Å². The maximum absolute atomic E-state index is 10.9. The van der Waals surface area contributed by atoms with Gasteiger partial charge in [-0.25, -0.2) is 9.78 Å². The average Bonchev–Trinajstić information content (AvgIpc) is 2.34. The van der Waals surface area contributed by atoms with Crippen molar-refractivity contribution in [3.05, 3.63) is 23.4 Å². The standard InChI is InChI=1S/C13H17N3O2/c1-4-16(8-9(2)7-14)12-6-5-11(13(17)18)10(3)15-12/h5-6,9H,4,8H2,1-3H3,(H,17,18). The second kappa shape index (κ2) is 6.01. The monoisotopic (exact) mass is 247 g/mol. The molecule has 5 heteroatoms. The molecule has 96 valence electrons. The number of anilines is 1. The molecule has 0 bridgehead atoms. The molecule has 1 unspecified atom stereocenters. The maximum atomic E-state index is 10.9. The van der Waals surface area contributed by atoms with Crippen molar-refractivity contribution < 1.29 is 9.90 Å². The summed E-state index contributed by atoms with van der Waals surface area (Å²) in [5.74, 6) is -0.353. The van der Waals surface area contributed by atoms with Gasteiger partial charge in [0.05, 0.1) is 23.2 Å². The summed E-state index contributed by atoms with van der Waals surface area (Å²) >= 11 is 0. The molecule has 5 nitrogen and oxygen atoms in total. The third-order valence-electron chi connectivity index (χ3n) is 2.72. The first-order valence-corrected chi connectivity index (χ1v) is 5.85. The molecule has 0 amide bonds. The lowest BCUT2D eigenvalue weighted by Gasteiger charge is -2.23. The zero-order valence-corrected chi connectivity index (χ0v) is 10.8.